The molecule has 1 heterocycles. The summed E-state index contributed by atoms with van der Waals surface area (Å²) in [4.78, 5) is 33.2. The number of benzene rings is 1. The number of hydrogen-bond donors (Lipinski definition) is 2. The molecule has 1 aromatic heterocycles. The van der Waals surface area contributed by atoms with Crippen LogP contribution >= 0.6 is 0 Å². The Morgan fingerprint density at radius 3 is 2.68 bits per heavy atom. The SMILES string of the molecule is CC(C)NC(=O)C(=O)N/N=C/c1ccc(-c2cccc([N+](=O)[O-])c2)o1. The number of amides is 2. The lowest BCUT2D eigenvalue weighted by atomic mass is 10.1. The van der Waals surface area contributed by atoms with Gasteiger partial charge in [-0.05, 0) is 26.0 Å². The molecule has 0 radical (unpaired) electrons. The molecule has 0 fully saturated rings. The summed E-state index contributed by atoms with van der Waals surface area (Å²) in [6.07, 6.45) is 1.22. The number of carbonyl (C=O) groups excluding carboxylic acids is 2. The minimum absolute atomic E-state index is 0.0486. The van der Waals surface area contributed by atoms with Gasteiger partial charge >= 0.3 is 11.8 Å². The summed E-state index contributed by atoms with van der Waals surface area (Å²) in [5.74, 6) is -0.959. The number of nitrogens with one attached hydrogen (secondary N) is 2. The molecule has 0 saturated heterocycles. The first-order valence-electron chi connectivity index (χ1n) is 7.35. The monoisotopic (exact) mass is 344 g/mol. The lowest BCUT2D eigenvalue weighted by molar-refractivity contribution is -0.384. The summed E-state index contributed by atoms with van der Waals surface area (Å²) in [6, 6.07) is 9.03. The van der Waals surface area contributed by atoms with E-state index in [0.717, 1.165) is 0 Å². The fraction of sp³-hybridized carbons (Fsp3) is 0.188. The molecular formula is C16H16N4O5. The summed E-state index contributed by atoms with van der Waals surface area (Å²) >= 11 is 0. The molecule has 0 unspecified atom stereocenters. The second-order valence-electron chi connectivity index (χ2n) is 5.34. The predicted octanol–water partition coefficient (Wildman–Crippen LogP) is 1.83. The molecule has 0 saturated carbocycles. The number of nitro groups is 1. The highest BCUT2D eigenvalue weighted by molar-refractivity contribution is 6.35. The van der Waals surface area contributed by atoms with Crippen LogP contribution in [0.1, 0.15) is 19.6 Å². The standard InChI is InChI=1S/C16H16N4O5/c1-10(2)18-15(21)16(22)19-17-9-13-6-7-14(25-13)11-4-3-5-12(8-11)20(23)24/h3-10H,1-2H3,(H,18,21)(H,19,22)/b17-9+. The van der Waals surface area contributed by atoms with Crippen LogP contribution in [0.5, 0.6) is 0 Å². The van der Waals surface area contributed by atoms with Gasteiger partial charge in [-0.1, -0.05) is 12.1 Å². The molecule has 2 N–H and O–H groups in total. The first-order chi connectivity index (χ1) is 11.9. The first-order valence-corrected chi connectivity index (χ1v) is 7.35. The van der Waals surface area contributed by atoms with Crippen LogP contribution in [0.25, 0.3) is 11.3 Å². The van der Waals surface area contributed by atoms with Crippen molar-refractivity contribution >= 4 is 23.7 Å². The zero-order valence-corrected chi connectivity index (χ0v) is 13.6. The van der Waals surface area contributed by atoms with Gasteiger partial charge in [0.2, 0.25) is 0 Å². The molecule has 0 spiro atoms. The van der Waals surface area contributed by atoms with Crippen LogP contribution in [0.4, 0.5) is 5.69 Å². The van der Waals surface area contributed by atoms with Crippen LogP contribution in [-0.2, 0) is 9.59 Å². The minimum Gasteiger partial charge on any atom is -0.455 e. The summed E-state index contributed by atoms with van der Waals surface area (Å²) in [5, 5.41) is 16.9. The number of hydrazone groups is 1. The topological polar surface area (TPSA) is 127 Å². The lowest BCUT2D eigenvalue weighted by Gasteiger charge is -2.05. The molecule has 2 aromatic rings. The van der Waals surface area contributed by atoms with E-state index >= 15 is 0 Å². The van der Waals surface area contributed by atoms with Gasteiger partial charge in [-0.3, -0.25) is 19.7 Å². The van der Waals surface area contributed by atoms with Crippen molar-refractivity contribution in [1.29, 1.82) is 0 Å². The number of hydrogen-bond acceptors (Lipinski definition) is 6. The zero-order valence-electron chi connectivity index (χ0n) is 13.6. The minimum atomic E-state index is -0.893. The molecule has 2 amide bonds. The molecule has 0 aliphatic carbocycles. The van der Waals surface area contributed by atoms with Crippen molar-refractivity contribution in [2.75, 3.05) is 0 Å². The summed E-state index contributed by atoms with van der Waals surface area (Å²) < 4.78 is 5.49. The van der Waals surface area contributed by atoms with Crippen LogP contribution in [0, 0.1) is 10.1 Å². The third-order valence-electron chi connectivity index (χ3n) is 2.95. The van der Waals surface area contributed by atoms with E-state index in [9.17, 15) is 19.7 Å². The van der Waals surface area contributed by atoms with Gasteiger partial charge in [0.15, 0.2) is 0 Å². The molecule has 1 aromatic carbocycles. The number of nitro benzene ring substituents is 1. The third kappa shape index (κ3) is 4.99. The van der Waals surface area contributed by atoms with Gasteiger partial charge in [-0.15, -0.1) is 0 Å². The fourth-order valence-corrected chi connectivity index (χ4v) is 1.88. The Hall–Kier alpha value is -3.49. The number of rotatable bonds is 5. The van der Waals surface area contributed by atoms with Gasteiger partial charge in [-0.2, -0.15) is 5.10 Å². The molecule has 130 valence electrons. The maximum Gasteiger partial charge on any atom is 0.329 e. The van der Waals surface area contributed by atoms with Crippen molar-refractivity contribution in [3.8, 4) is 11.3 Å². The molecule has 9 nitrogen and oxygen atoms in total. The van der Waals surface area contributed by atoms with Crippen LogP contribution in [0.2, 0.25) is 0 Å². The molecule has 0 bridgehead atoms. The second-order valence-corrected chi connectivity index (χ2v) is 5.34. The average Bonchev–Trinajstić information content (AvgIpc) is 3.03. The van der Waals surface area contributed by atoms with Gasteiger partial charge in [0.05, 0.1) is 11.1 Å². The fourth-order valence-electron chi connectivity index (χ4n) is 1.88. The highest BCUT2D eigenvalue weighted by Gasteiger charge is 2.13. The Morgan fingerprint density at radius 1 is 1.24 bits per heavy atom. The Bertz CT molecular complexity index is 825. The third-order valence-corrected chi connectivity index (χ3v) is 2.95. The normalized spacial score (nSPS) is 10.8. The van der Waals surface area contributed by atoms with E-state index in [1.165, 1.54) is 18.3 Å². The molecule has 0 aliphatic rings. The van der Waals surface area contributed by atoms with E-state index in [4.69, 9.17) is 4.42 Å². The highest BCUT2D eigenvalue weighted by atomic mass is 16.6. The quantitative estimate of drug-likeness (QED) is 0.370. The van der Waals surface area contributed by atoms with Crippen LogP contribution in [0.3, 0.4) is 0 Å². The van der Waals surface area contributed by atoms with Crippen molar-refractivity contribution in [2.24, 2.45) is 5.10 Å². The first kappa shape index (κ1) is 17.9. The highest BCUT2D eigenvalue weighted by Crippen LogP contribution is 2.25. The van der Waals surface area contributed by atoms with E-state index in [-0.39, 0.29) is 11.7 Å². The average molecular weight is 344 g/mol. The number of nitrogens with zero attached hydrogens (tertiary/aromatic N) is 2. The number of carbonyl (C=O) groups is 2. The van der Waals surface area contributed by atoms with Gasteiger partial charge in [0, 0.05) is 23.7 Å². The van der Waals surface area contributed by atoms with Crippen molar-refractivity contribution in [1.82, 2.24) is 10.7 Å². The zero-order chi connectivity index (χ0) is 18.4. The lowest BCUT2D eigenvalue weighted by Crippen LogP contribution is -2.41. The summed E-state index contributed by atoms with van der Waals surface area (Å²) in [5.41, 5.74) is 2.57. The van der Waals surface area contributed by atoms with Crippen LogP contribution in [0.15, 0.2) is 45.9 Å². The Labute approximate surface area is 142 Å². The number of non-ortho nitro benzene ring substituents is 1. The molecule has 0 atom stereocenters. The molecule has 25 heavy (non-hydrogen) atoms. The second kappa shape index (κ2) is 7.86. The van der Waals surface area contributed by atoms with Crippen molar-refractivity contribution < 1.29 is 18.9 Å². The summed E-state index contributed by atoms with van der Waals surface area (Å²) in [6.45, 7) is 3.46. The Morgan fingerprint density at radius 2 is 2.00 bits per heavy atom. The van der Waals surface area contributed by atoms with Gasteiger partial charge in [0.1, 0.15) is 11.5 Å². The molecule has 9 heteroatoms. The molecular weight excluding hydrogens is 328 g/mol. The van der Waals surface area contributed by atoms with E-state index in [2.05, 4.69) is 15.8 Å². The van der Waals surface area contributed by atoms with Crippen molar-refractivity contribution in [3.05, 3.63) is 52.3 Å². The predicted molar refractivity (Wildman–Crippen MR) is 89.8 cm³/mol. The maximum atomic E-state index is 11.5. The largest absolute Gasteiger partial charge is 0.455 e. The Kier molecular flexibility index (Phi) is 5.62. The Balaban J connectivity index is 2.02. The maximum absolute atomic E-state index is 11.5. The van der Waals surface area contributed by atoms with Gasteiger partial charge in [0.25, 0.3) is 5.69 Å². The van der Waals surface area contributed by atoms with Crippen LogP contribution in [-0.4, -0.2) is 29.0 Å². The van der Waals surface area contributed by atoms with E-state index < -0.39 is 16.7 Å². The van der Waals surface area contributed by atoms with Gasteiger partial charge in [-0.25, -0.2) is 5.43 Å². The summed E-state index contributed by atoms with van der Waals surface area (Å²) in [7, 11) is 0. The molecule has 2 rings (SSSR count). The smallest absolute Gasteiger partial charge is 0.329 e. The van der Waals surface area contributed by atoms with Gasteiger partial charge < -0.3 is 9.73 Å². The van der Waals surface area contributed by atoms with E-state index in [0.29, 0.717) is 17.1 Å². The number of furan rings is 1. The van der Waals surface area contributed by atoms with Crippen molar-refractivity contribution in [3.63, 3.8) is 0 Å². The van der Waals surface area contributed by atoms with E-state index in [1.807, 2.05) is 0 Å². The van der Waals surface area contributed by atoms with Crippen LogP contribution < -0.4 is 10.7 Å². The van der Waals surface area contributed by atoms with E-state index in [1.54, 1.807) is 38.1 Å². The van der Waals surface area contributed by atoms with Crippen molar-refractivity contribution in [2.45, 2.75) is 19.9 Å². The molecule has 0 aliphatic heterocycles.